The van der Waals surface area contributed by atoms with Crippen LogP contribution in [0.5, 0.6) is 0 Å². The first-order valence-electron chi connectivity index (χ1n) is 10.8. The predicted octanol–water partition coefficient (Wildman–Crippen LogP) is 1.79. The molecule has 2 fully saturated rings. The molecule has 1 unspecified atom stereocenters. The molecule has 3 aliphatic heterocycles. The third-order valence-electron chi connectivity index (χ3n) is 7.27. The lowest BCUT2D eigenvalue weighted by atomic mass is 9.85. The lowest BCUT2D eigenvalue weighted by Gasteiger charge is -2.29. The van der Waals surface area contributed by atoms with Gasteiger partial charge in [-0.1, -0.05) is 0 Å². The first-order chi connectivity index (χ1) is 14.1. The smallest absolute Gasteiger partial charge is 0.289 e. The quantitative estimate of drug-likeness (QED) is 0.794. The summed E-state index contributed by atoms with van der Waals surface area (Å²) < 4.78 is 7.15. The average Bonchev–Trinajstić information content (AvgIpc) is 3.11. The van der Waals surface area contributed by atoms with E-state index in [1.165, 1.54) is 25.6 Å². The fourth-order valence-electron chi connectivity index (χ4n) is 5.46. The number of likely N-dealkylation sites (tertiary alicyclic amines) is 1. The highest BCUT2D eigenvalue weighted by molar-refractivity contribution is 5.91. The van der Waals surface area contributed by atoms with Crippen LogP contribution in [0.3, 0.4) is 0 Å². The van der Waals surface area contributed by atoms with Crippen LogP contribution in [0.4, 0.5) is 0 Å². The van der Waals surface area contributed by atoms with Gasteiger partial charge in [0.15, 0.2) is 5.76 Å². The molecule has 1 atom stereocenters. The lowest BCUT2D eigenvalue weighted by molar-refractivity contribution is 0.0699. The maximum absolute atomic E-state index is 13.3. The number of carbonyl (C=O) groups is 1. The summed E-state index contributed by atoms with van der Waals surface area (Å²) in [5, 5.41) is 0. The maximum Gasteiger partial charge on any atom is 0.289 e. The van der Waals surface area contributed by atoms with Crippen LogP contribution >= 0.6 is 0 Å². The Morgan fingerprint density at radius 2 is 2.10 bits per heavy atom. The van der Waals surface area contributed by atoms with Crippen molar-refractivity contribution < 1.29 is 9.21 Å². The van der Waals surface area contributed by atoms with Crippen LogP contribution < -0.4 is 5.56 Å². The van der Waals surface area contributed by atoms with Crippen molar-refractivity contribution >= 4 is 5.91 Å². The van der Waals surface area contributed by atoms with Crippen LogP contribution in [0.1, 0.15) is 53.3 Å². The summed E-state index contributed by atoms with van der Waals surface area (Å²) in [5.41, 5.74) is 1.68. The second-order valence-electron chi connectivity index (χ2n) is 9.23. The third-order valence-corrected chi connectivity index (χ3v) is 7.27. The van der Waals surface area contributed by atoms with E-state index in [0.29, 0.717) is 30.8 Å². The van der Waals surface area contributed by atoms with Crippen molar-refractivity contribution in [1.82, 2.24) is 19.4 Å². The number of amides is 1. The van der Waals surface area contributed by atoms with E-state index in [9.17, 15) is 9.59 Å². The number of rotatable bonds is 3. The molecule has 0 N–H and O–H groups in total. The van der Waals surface area contributed by atoms with E-state index in [1.54, 1.807) is 17.0 Å². The van der Waals surface area contributed by atoms with Crippen molar-refractivity contribution in [3.05, 3.63) is 51.6 Å². The number of hydrogen-bond donors (Lipinski definition) is 0. The van der Waals surface area contributed by atoms with Crippen LogP contribution in [0.2, 0.25) is 0 Å². The number of fused-ring (bicyclic) bond motifs is 3. The van der Waals surface area contributed by atoms with Crippen molar-refractivity contribution in [1.29, 1.82) is 0 Å². The Labute approximate surface area is 169 Å². The third kappa shape index (κ3) is 2.78. The van der Waals surface area contributed by atoms with Gasteiger partial charge in [-0.05, 0) is 50.3 Å². The molecule has 29 heavy (non-hydrogen) atoms. The predicted molar refractivity (Wildman–Crippen MR) is 106 cm³/mol. The monoisotopic (exact) mass is 394 g/mol. The van der Waals surface area contributed by atoms with Crippen LogP contribution in [-0.2, 0) is 24.9 Å². The molecular weight excluding hydrogens is 368 g/mol. The molecular formula is C22H26N4O3. The van der Waals surface area contributed by atoms with E-state index >= 15 is 0 Å². The van der Waals surface area contributed by atoms with E-state index in [0.717, 1.165) is 49.9 Å². The molecule has 1 spiro atoms. The van der Waals surface area contributed by atoms with Crippen molar-refractivity contribution in [3.8, 4) is 0 Å². The second kappa shape index (κ2) is 6.29. The number of furan rings is 1. The summed E-state index contributed by atoms with van der Waals surface area (Å²) in [4.78, 5) is 35.3. The molecule has 7 nitrogen and oxygen atoms in total. The highest BCUT2D eigenvalue weighted by Gasteiger charge is 2.47. The second-order valence-corrected chi connectivity index (χ2v) is 9.23. The molecule has 1 aliphatic carbocycles. The summed E-state index contributed by atoms with van der Waals surface area (Å²) in [5.74, 6) is 2.06. The molecule has 0 bridgehead atoms. The molecule has 1 saturated heterocycles. The molecule has 152 valence electrons. The van der Waals surface area contributed by atoms with Gasteiger partial charge in [-0.15, -0.1) is 0 Å². The molecule has 7 heteroatoms. The standard InChI is InChI=1S/C22H26N4O3/c27-19-16-13-25(20(28)18-2-1-11-29-18)8-5-17(16)23-21-22(7-10-26(19)21)6-9-24(14-22)12-15-3-4-15/h1-2,11,15H,3-10,12-14H2. The number of carbonyl (C=O) groups excluding carboxylic acids is 1. The number of aromatic nitrogens is 2. The van der Waals surface area contributed by atoms with Crippen molar-refractivity contribution in [2.75, 3.05) is 26.2 Å². The Balaban J connectivity index is 1.29. The highest BCUT2D eigenvalue weighted by Crippen LogP contribution is 2.42. The Morgan fingerprint density at radius 1 is 1.24 bits per heavy atom. The van der Waals surface area contributed by atoms with E-state index in [1.807, 2.05) is 4.57 Å². The van der Waals surface area contributed by atoms with E-state index in [2.05, 4.69) is 4.90 Å². The van der Waals surface area contributed by atoms with Gasteiger partial charge in [0, 0.05) is 38.0 Å². The summed E-state index contributed by atoms with van der Waals surface area (Å²) in [6.07, 6.45) is 6.99. The number of nitrogens with zero attached hydrogens (tertiary/aromatic N) is 4. The van der Waals surface area contributed by atoms with Crippen LogP contribution in [-0.4, -0.2) is 51.4 Å². The van der Waals surface area contributed by atoms with Crippen LogP contribution in [0, 0.1) is 5.92 Å². The van der Waals surface area contributed by atoms with Gasteiger partial charge in [-0.25, -0.2) is 4.98 Å². The fraction of sp³-hybridized carbons (Fsp3) is 0.591. The summed E-state index contributed by atoms with van der Waals surface area (Å²) in [6.45, 7) is 5.01. The largest absolute Gasteiger partial charge is 0.459 e. The topological polar surface area (TPSA) is 71.6 Å². The SMILES string of the molecule is O=C(c1ccco1)N1CCc2nc3n(c(=O)c2C1)CCC31CCN(CC2CC2)C1. The van der Waals surface area contributed by atoms with Gasteiger partial charge < -0.3 is 14.2 Å². The zero-order valence-electron chi connectivity index (χ0n) is 16.6. The van der Waals surface area contributed by atoms with Gasteiger partial charge in [-0.3, -0.25) is 14.2 Å². The van der Waals surface area contributed by atoms with Crippen molar-refractivity contribution in [3.63, 3.8) is 0 Å². The van der Waals surface area contributed by atoms with Crippen LogP contribution in [0.25, 0.3) is 0 Å². The summed E-state index contributed by atoms with van der Waals surface area (Å²) in [7, 11) is 0. The van der Waals surface area contributed by atoms with Gasteiger partial charge in [0.1, 0.15) is 5.82 Å². The van der Waals surface area contributed by atoms with Gasteiger partial charge in [0.25, 0.3) is 11.5 Å². The first-order valence-corrected chi connectivity index (χ1v) is 10.8. The van der Waals surface area contributed by atoms with Gasteiger partial charge >= 0.3 is 0 Å². The average molecular weight is 394 g/mol. The molecule has 2 aromatic rings. The van der Waals surface area contributed by atoms with E-state index in [-0.39, 0.29) is 16.9 Å². The van der Waals surface area contributed by atoms with Gasteiger partial charge in [-0.2, -0.15) is 0 Å². The minimum Gasteiger partial charge on any atom is -0.459 e. The van der Waals surface area contributed by atoms with Crippen molar-refractivity contribution in [2.24, 2.45) is 5.92 Å². The van der Waals surface area contributed by atoms with E-state index in [4.69, 9.17) is 9.40 Å². The highest BCUT2D eigenvalue weighted by atomic mass is 16.3. The normalized spacial score (nSPS) is 26.1. The number of hydrogen-bond acceptors (Lipinski definition) is 5. The Bertz CT molecular complexity index is 1020. The minimum absolute atomic E-state index is 0.0458. The summed E-state index contributed by atoms with van der Waals surface area (Å²) >= 11 is 0. The lowest BCUT2D eigenvalue weighted by Crippen LogP contribution is -2.42. The van der Waals surface area contributed by atoms with Gasteiger partial charge in [0.05, 0.1) is 24.1 Å². The molecule has 1 amide bonds. The minimum atomic E-state index is -0.159. The Hall–Kier alpha value is -2.41. The van der Waals surface area contributed by atoms with E-state index < -0.39 is 0 Å². The molecule has 5 heterocycles. The zero-order valence-corrected chi connectivity index (χ0v) is 16.6. The molecule has 2 aromatic heterocycles. The van der Waals surface area contributed by atoms with Crippen molar-refractivity contribution in [2.45, 2.75) is 50.6 Å². The first kappa shape index (κ1) is 17.4. The summed E-state index contributed by atoms with van der Waals surface area (Å²) in [6, 6.07) is 3.38. The molecule has 0 radical (unpaired) electrons. The molecule has 0 aromatic carbocycles. The zero-order chi connectivity index (χ0) is 19.6. The molecule has 4 aliphatic rings. The Kier molecular flexibility index (Phi) is 3.79. The molecule has 6 rings (SSSR count). The van der Waals surface area contributed by atoms with Crippen LogP contribution in [0.15, 0.2) is 27.6 Å². The maximum atomic E-state index is 13.3. The fourth-order valence-corrected chi connectivity index (χ4v) is 5.46. The molecule has 1 saturated carbocycles. The van der Waals surface area contributed by atoms with Gasteiger partial charge in [0.2, 0.25) is 0 Å². The Morgan fingerprint density at radius 3 is 2.90 bits per heavy atom.